The van der Waals surface area contributed by atoms with E-state index in [4.69, 9.17) is 0 Å². The number of amides is 1. The molecule has 3 rings (SSSR count). The van der Waals surface area contributed by atoms with Crippen LogP contribution in [0.2, 0.25) is 0 Å². The zero-order valence-electron chi connectivity index (χ0n) is 15.2. The van der Waals surface area contributed by atoms with Gasteiger partial charge in [-0.15, -0.1) is 0 Å². The normalized spacial score (nSPS) is 18.2. The lowest BCUT2D eigenvalue weighted by molar-refractivity contribution is -0.117. The second-order valence-corrected chi connectivity index (χ2v) is 8.68. The summed E-state index contributed by atoms with van der Waals surface area (Å²) < 4.78 is 40.5. The van der Waals surface area contributed by atoms with Crippen LogP contribution in [0.1, 0.15) is 31.2 Å². The van der Waals surface area contributed by atoms with E-state index in [2.05, 4.69) is 5.32 Å². The minimum atomic E-state index is -3.77. The number of anilines is 1. The van der Waals surface area contributed by atoms with Gasteiger partial charge in [0.05, 0.1) is 4.90 Å². The molecule has 1 N–H and O–H groups in total. The fourth-order valence-electron chi connectivity index (χ4n) is 3.36. The first-order chi connectivity index (χ1) is 12.9. The molecular weight excluding hydrogens is 367 g/mol. The van der Waals surface area contributed by atoms with Gasteiger partial charge in [-0.05, 0) is 55.7 Å². The molecular formula is C20H23FN2O3S. The maximum Gasteiger partial charge on any atom is 0.243 e. The summed E-state index contributed by atoms with van der Waals surface area (Å²) in [5.41, 5.74) is 1.68. The smallest absolute Gasteiger partial charge is 0.243 e. The Hall–Kier alpha value is -2.25. The average molecular weight is 390 g/mol. The summed E-state index contributed by atoms with van der Waals surface area (Å²) in [6, 6.07) is 11.9. The minimum absolute atomic E-state index is 0.0510. The highest BCUT2D eigenvalue weighted by Gasteiger charge is 2.34. The summed E-state index contributed by atoms with van der Waals surface area (Å²) in [5, 5.41) is 2.87. The molecule has 144 valence electrons. The number of piperidine rings is 1. The van der Waals surface area contributed by atoms with Gasteiger partial charge in [-0.1, -0.05) is 24.6 Å². The third-order valence-electron chi connectivity index (χ3n) is 4.83. The van der Waals surface area contributed by atoms with E-state index in [1.165, 1.54) is 16.4 Å². The Labute approximate surface area is 159 Å². The summed E-state index contributed by atoms with van der Waals surface area (Å²) in [7, 11) is -3.77. The summed E-state index contributed by atoms with van der Waals surface area (Å²) in [4.78, 5) is 12.6. The van der Waals surface area contributed by atoms with Gasteiger partial charge in [0.25, 0.3) is 0 Å². The van der Waals surface area contributed by atoms with Crippen LogP contribution in [0.3, 0.4) is 0 Å². The first-order valence-electron chi connectivity index (χ1n) is 9.01. The average Bonchev–Trinajstić information content (AvgIpc) is 2.64. The molecule has 7 heteroatoms. The van der Waals surface area contributed by atoms with Crippen LogP contribution in [0.5, 0.6) is 0 Å². The number of carbonyl (C=O) groups is 1. The number of nitrogens with zero attached hydrogens (tertiary/aromatic N) is 1. The molecule has 2 aromatic rings. The van der Waals surface area contributed by atoms with Crippen molar-refractivity contribution in [3.8, 4) is 0 Å². The molecule has 1 aliphatic rings. The van der Waals surface area contributed by atoms with Gasteiger partial charge in [-0.3, -0.25) is 4.79 Å². The fourth-order valence-corrected chi connectivity index (χ4v) is 5.06. The molecule has 1 saturated heterocycles. The number of halogens is 1. The van der Waals surface area contributed by atoms with Crippen molar-refractivity contribution in [2.45, 2.75) is 43.5 Å². The van der Waals surface area contributed by atoms with Crippen LogP contribution < -0.4 is 5.32 Å². The van der Waals surface area contributed by atoms with Crippen molar-refractivity contribution in [3.05, 3.63) is 59.9 Å². The van der Waals surface area contributed by atoms with Crippen molar-refractivity contribution in [1.29, 1.82) is 0 Å². The van der Waals surface area contributed by atoms with Crippen LogP contribution in [0, 0.1) is 12.7 Å². The van der Waals surface area contributed by atoms with Gasteiger partial charge < -0.3 is 5.32 Å². The lowest BCUT2D eigenvalue weighted by atomic mass is 10.0. The number of rotatable bonds is 5. The number of hydrogen-bond donors (Lipinski definition) is 1. The Morgan fingerprint density at radius 3 is 2.56 bits per heavy atom. The number of para-hydroxylation sites is 1. The van der Waals surface area contributed by atoms with E-state index in [0.717, 1.165) is 36.2 Å². The number of aryl methyl sites for hydroxylation is 1. The maximum atomic E-state index is 13.1. The highest BCUT2D eigenvalue weighted by Crippen LogP contribution is 2.27. The first kappa shape index (κ1) is 19.5. The molecule has 1 atom stereocenters. The fraction of sp³-hybridized carbons (Fsp3) is 0.350. The molecule has 0 saturated carbocycles. The second kappa shape index (κ2) is 8.19. The van der Waals surface area contributed by atoms with E-state index in [1.807, 2.05) is 31.2 Å². The third-order valence-corrected chi connectivity index (χ3v) is 6.80. The molecule has 0 spiro atoms. The van der Waals surface area contributed by atoms with Crippen LogP contribution in [0.15, 0.2) is 53.4 Å². The van der Waals surface area contributed by atoms with Crippen molar-refractivity contribution in [2.24, 2.45) is 0 Å². The van der Waals surface area contributed by atoms with Crippen LogP contribution in [-0.2, 0) is 14.8 Å². The Kier molecular flexibility index (Phi) is 5.92. The zero-order valence-corrected chi connectivity index (χ0v) is 16.0. The second-order valence-electron chi connectivity index (χ2n) is 6.79. The quantitative estimate of drug-likeness (QED) is 0.846. The lowest BCUT2D eigenvalue weighted by Gasteiger charge is -2.34. The van der Waals surface area contributed by atoms with Crippen molar-refractivity contribution in [2.75, 3.05) is 11.9 Å². The van der Waals surface area contributed by atoms with Crippen molar-refractivity contribution < 1.29 is 17.6 Å². The molecule has 27 heavy (non-hydrogen) atoms. The first-order valence-corrected chi connectivity index (χ1v) is 10.4. The van der Waals surface area contributed by atoms with Gasteiger partial charge in [0.1, 0.15) is 5.82 Å². The molecule has 2 aromatic carbocycles. The highest BCUT2D eigenvalue weighted by atomic mass is 32.2. The molecule has 1 amide bonds. The molecule has 1 heterocycles. The van der Waals surface area contributed by atoms with Gasteiger partial charge >= 0.3 is 0 Å². The van der Waals surface area contributed by atoms with Gasteiger partial charge in [0.2, 0.25) is 15.9 Å². The van der Waals surface area contributed by atoms with E-state index in [-0.39, 0.29) is 17.2 Å². The minimum Gasteiger partial charge on any atom is -0.326 e. The van der Waals surface area contributed by atoms with Crippen molar-refractivity contribution in [3.63, 3.8) is 0 Å². The molecule has 0 aromatic heterocycles. The van der Waals surface area contributed by atoms with E-state index in [0.29, 0.717) is 13.0 Å². The lowest BCUT2D eigenvalue weighted by Crippen LogP contribution is -2.45. The summed E-state index contributed by atoms with van der Waals surface area (Å²) in [6.07, 6.45) is 2.34. The predicted molar refractivity (Wildman–Crippen MR) is 102 cm³/mol. The number of sulfonamides is 1. The summed E-state index contributed by atoms with van der Waals surface area (Å²) in [5.74, 6) is -0.697. The standard InChI is InChI=1S/C20H23FN2O3S/c1-15-6-2-3-8-19(15)22-20(24)14-17-7-4-5-13-23(17)27(25,26)18-11-9-16(21)10-12-18/h2-3,6,8-12,17H,4-5,7,13-14H2,1H3,(H,22,24)/t17-/m1/s1. The number of hydrogen-bond acceptors (Lipinski definition) is 3. The van der Waals surface area contributed by atoms with Gasteiger partial charge in [-0.2, -0.15) is 4.31 Å². The topological polar surface area (TPSA) is 66.5 Å². The van der Waals surface area contributed by atoms with Crippen molar-refractivity contribution in [1.82, 2.24) is 4.31 Å². The molecule has 0 radical (unpaired) electrons. The number of carbonyl (C=O) groups excluding carboxylic acids is 1. The van der Waals surface area contributed by atoms with Crippen molar-refractivity contribution >= 4 is 21.6 Å². The molecule has 0 aliphatic carbocycles. The van der Waals surface area contributed by atoms with Gasteiger partial charge in [-0.25, -0.2) is 12.8 Å². The monoisotopic (exact) mass is 390 g/mol. The summed E-state index contributed by atoms with van der Waals surface area (Å²) >= 11 is 0. The van der Waals surface area contributed by atoms with E-state index in [1.54, 1.807) is 0 Å². The summed E-state index contributed by atoms with van der Waals surface area (Å²) in [6.45, 7) is 2.27. The SMILES string of the molecule is Cc1ccccc1NC(=O)C[C@H]1CCCCN1S(=O)(=O)c1ccc(F)cc1. The Morgan fingerprint density at radius 1 is 1.15 bits per heavy atom. The van der Waals surface area contributed by atoms with E-state index >= 15 is 0 Å². The maximum absolute atomic E-state index is 13.1. The Balaban J connectivity index is 1.76. The molecule has 1 aliphatic heterocycles. The number of benzene rings is 2. The van der Waals surface area contributed by atoms with Crippen LogP contribution >= 0.6 is 0 Å². The molecule has 0 unspecified atom stereocenters. The van der Waals surface area contributed by atoms with Crippen LogP contribution in [0.4, 0.5) is 10.1 Å². The molecule has 1 fully saturated rings. The highest BCUT2D eigenvalue weighted by molar-refractivity contribution is 7.89. The Bertz CT molecular complexity index is 913. The third kappa shape index (κ3) is 4.54. The van der Waals surface area contributed by atoms with Gasteiger partial charge in [0.15, 0.2) is 0 Å². The number of nitrogens with one attached hydrogen (secondary N) is 1. The molecule has 5 nitrogen and oxygen atoms in total. The largest absolute Gasteiger partial charge is 0.326 e. The molecule has 0 bridgehead atoms. The zero-order chi connectivity index (χ0) is 19.4. The van der Waals surface area contributed by atoms with Crippen LogP contribution in [0.25, 0.3) is 0 Å². The Morgan fingerprint density at radius 2 is 1.85 bits per heavy atom. The predicted octanol–water partition coefficient (Wildman–Crippen LogP) is 3.71. The van der Waals surface area contributed by atoms with Gasteiger partial charge in [0, 0.05) is 24.7 Å². The van der Waals surface area contributed by atoms with E-state index in [9.17, 15) is 17.6 Å². The van der Waals surface area contributed by atoms with E-state index < -0.39 is 21.9 Å². The van der Waals surface area contributed by atoms with Crippen LogP contribution in [-0.4, -0.2) is 31.2 Å².